The average Bonchev–Trinajstić information content (AvgIpc) is 2.72. The molecular weight excluding hydrogens is 326 g/mol. The van der Waals surface area contributed by atoms with Crippen molar-refractivity contribution in [3.63, 3.8) is 0 Å². The normalized spacial score (nSPS) is 11.1. The van der Waals surface area contributed by atoms with Crippen molar-refractivity contribution in [3.8, 4) is 11.4 Å². The third kappa shape index (κ3) is 2.01. The number of nitrogen functional groups attached to an aromatic ring is 1. The number of imidazole rings is 1. The lowest BCUT2D eigenvalue weighted by Crippen LogP contribution is -1.94. The molecule has 0 aliphatic heterocycles. The molecule has 3 nitrogen and oxygen atoms in total. The molecule has 3 rings (SSSR count). The number of fused-ring (bicyclic) bond motifs is 1. The molecular formula is C14H11BrClN3. The quantitative estimate of drug-likeness (QED) is 0.676. The van der Waals surface area contributed by atoms with Crippen molar-refractivity contribution in [1.29, 1.82) is 0 Å². The maximum absolute atomic E-state index is 6.23. The van der Waals surface area contributed by atoms with Crippen LogP contribution in [0.4, 0.5) is 5.69 Å². The maximum atomic E-state index is 6.23. The maximum Gasteiger partial charge on any atom is 0.140 e. The molecule has 2 N–H and O–H groups in total. The minimum atomic E-state index is 0.690. The summed E-state index contributed by atoms with van der Waals surface area (Å²) in [5, 5.41) is 0.698. The molecule has 0 bridgehead atoms. The molecule has 19 heavy (non-hydrogen) atoms. The van der Waals surface area contributed by atoms with Gasteiger partial charge in [-0.3, -0.25) is 0 Å². The number of anilines is 1. The minimum absolute atomic E-state index is 0.690. The van der Waals surface area contributed by atoms with Gasteiger partial charge in [-0.15, -0.1) is 0 Å². The molecule has 3 aromatic rings. The molecule has 0 saturated carbocycles. The Morgan fingerprint density at radius 1 is 1.26 bits per heavy atom. The number of nitrogens with two attached hydrogens (primary N) is 1. The molecule has 0 aliphatic rings. The van der Waals surface area contributed by atoms with E-state index in [-0.39, 0.29) is 0 Å². The molecule has 96 valence electrons. The van der Waals surface area contributed by atoms with E-state index in [1.54, 1.807) is 0 Å². The van der Waals surface area contributed by atoms with Crippen molar-refractivity contribution in [2.45, 2.75) is 0 Å². The standard InChI is InChI=1S/C14H11BrClN3/c1-19-13-10(16)3-2-4-12(13)18-14(19)8-5-6-9(15)11(17)7-8/h2-7H,17H2,1H3. The lowest BCUT2D eigenvalue weighted by atomic mass is 10.2. The number of nitrogens with zero attached hydrogens (tertiary/aromatic N) is 2. The van der Waals surface area contributed by atoms with Crippen LogP contribution < -0.4 is 5.73 Å². The van der Waals surface area contributed by atoms with Crippen LogP contribution in [0.25, 0.3) is 22.4 Å². The van der Waals surface area contributed by atoms with Gasteiger partial charge in [0.1, 0.15) is 5.82 Å². The van der Waals surface area contributed by atoms with Crippen molar-refractivity contribution in [2.75, 3.05) is 5.73 Å². The van der Waals surface area contributed by atoms with Crippen LogP contribution in [0.3, 0.4) is 0 Å². The number of hydrogen-bond acceptors (Lipinski definition) is 2. The summed E-state index contributed by atoms with van der Waals surface area (Å²) in [6.45, 7) is 0. The molecule has 0 spiro atoms. The van der Waals surface area contributed by atoms with E-state index in [1.807, 2.05) is 48.0 Å². The molecule has 0 amide bonds. The van der Waals surface area contributed by atoms with E-state index >= 15 is 0 Å². The number of rotatable bonds is 1. The van der Waals surface area contributed by atoms with Gasteiger partial charge in [0, 0.05) is 22.8 Å². The van der Waals surface area contributed by atoms with Gasteiger partial charge in [-0.1, -0.05) is 17.7 Å². The van der Waals surface area contributed by atoms with Crippen LogP contribution in [-0.4, -0.2) is 9.55 Å². The molecule has 1 heterocycles. The fourth-order valence-electron chi connectivity index (χ4n) is 2.16. The van der Waals surface area contributed by atoms with Crippen LogP contribution in [0.15, 0.2) is 40.9 Å². The van der Waals surface area contributed by atoms with Gasteiger partial charge >= 0.3 is 0 Å². The largest absolute Gasteiger partial charge is 0.398 e. The Labute approximate surface area is 124 Å². The van der Waals surface area contributed by atoms with E-state index in [0.717, 1.165) is 26.9 Å². The Bertz CT molecular complexity index is 780. The second kappa shape index (κ2) is 4.54. The first-order valence-electron chi connectivity index (χ1n) is 5.74. The Balaban J connectivity index is 2.28. The van der Waals surface area contributed by atoms with Crippen LogP contribution >= 0.6 is 27.5 Å². The fourth-order valence-corrected chi connectivity index (χ4v) is 2.71. The summed E-state index contributed by atoms with van der Waals surface area (Å²) in [7, 11) is 1.95. The Hall–Kier alpha value is -1.52. The van der Waals surface area contributed by atoms with Gasteiger partial charge in [0.2, 0.25) is 0 Å². The van der Waals surface area contributed by atoms with Gasteiger partial charge in [0.25, 0.3) is 0 Å². The zero-order valence-corrected chi connectivity index (χ0v) is 12.5. The van der Waals surface area contributed by atoms with Gasteiger partial charge < -0.3 is 10.3 Å². The summed E-state index contributed by atoms with van der Waals surface area (Å²) in [5.74, 6) is 0.849. The zero-order chi connectivity index (χ0) is 13.6. The molecule has 0 unspecified atom stereocenters. The van der Waals surface area contributed by atoms with E-state index in [9.17, 15) is 0 Å². The van der Waals surface area contributed by atoms with Crippen molar-refractivity contribution >= 4 is 44.3 Å². The molecule has 0 aliphatic carbocycles. The highest BCUT2D eigenvalue weighted by atomic mass is 79.9. The molecule has 0 radical (unpaired) electrons. The summed E-state index contributed by atoms with van der Waals surface area (Å²) in [5.41, 5.74) is 9.39. The Morgan fingerprint density at radius 2 is 2.05 bits per heavy atom. The first kappa shape index (κ1) is 12.5. The van der Waals surface area contributed by atoms with Gasteiger partial charge in [-0.05, 0) is 46.3 Å². The molecule has 5 heteroatoms. The highest BCUT2D eigenvalue weighted by Crippen LogP contribution is 2.31. The van der Waals surface area contributed by atoms with Crippen LogP contribution in [0.5, 0.6) is 0 Å². The van der Waals surface area contributed by atoms with Crippen molar-refractivity contribution in [2.24, 2.45) is 7.05 Å². The summed E-state index contributed by atoms with van der Waals surface area (Å²) in [6.07, 6.45) is 0. The van der Waals surface area contributed by atoms with Crippen LogP contribution in [-0.2, 0) is 7.05 Å². The van der Waals surface area contributed by atoms with Gasteiger partial charge in [-0.2, -0.15) is 0 Å². The highest BCUT2D eigenvalue weighted by Gasteiger charge is 2.12. The van der Waals surface area contributed by atoms with Gasteiger partial charge in [-0.25, -0.2) is 4.98 Å². The van der Waals surface area contributed by atoms with Gasteiger partial charge in [0.05, 0.1) is 16.1 Å². The summed E-state index contributed by atoms with van der Waals surface area (Å²) in [6, 6.07) is 11.5. The van der Waals surface area contributed by atoms with E-state index < -0.39 is 0 Å². The molecule has 1 aromatic heterocycles. The lowest BCUT2D eigenvalue weighted by molar-refractivity contribution is 0.959. The van der Waals surface area contributed by atoms with Crippen molar-refractivity contribution < 1.29 is 0 Å². The summed E-state index contributed by atoms with van der Waals surface area (Å²) < 4.78 is 2.87. The van der Waals surface area contributed by atoms with Crippen LogP contribution in [0, 0.1) is 0 Å². The van der Waals surface area contributed by atoms with Crippen LogP contribution in [0.2, 0.25) is 5.02 Å². The number of halogens is 2. The Morgan fingerprint density at radius 3 is 2.74 bits per heavy atom. The summed E-state index contributed by atoms with van der Waals surface area (Å²) in [4.78, 5) is 4.62. The minimum Gasteiger partial charge on any atom is -0.398 e. The highest BCUT2D eigenvalue weighted by molar-refractivity contribution is 9.10. The van der Waals surface area contributed by atoms with Crippen LogP contribution in [0.1, 0.15) is 0 Å². The average molecular weight is 337 g/mol. The molecule has 2 aromatic carbocycles. The monoisotopic (exact) mass is 335 g/mol. The molecule has 0 fully saturated rings. The number of hydrogen-bond donors (Lipinski definition) is 1. The third-order valence-corrected chi connectivity index (χ3v) is 4.13. The van der Waals surface area contributed by atoms with E-state index in [0.29, 0.717) is 10.7 Å². The second-order valence-corrected chi connectivity index (χ2v) is 5.60. The number of benzene rings is 2. The predicted octanol–water partition coefficient (Wildman–Crippen LogP) is 4.24. The molecule has 0 atom stereocenters. The second-order valence-electron chi connectivity index (χ2n) is 4.34. The smallest absolute Gasteiger partial charge is 0.140 e. The van der Waals surface area contributed by atoms with Crippen molar-refractivity contribution in [1.82, 2.24) is 9.55 Å². The first-order chi connectivity index (χ1) is 9.08. The first-order valence-corrected chi connectivity index (χ1v) is 6.91. The lowest BCUT2D eigenvalue weighted by Gasteiger charge is -2.05. The number of aryl methyl sites for hydroxylation is 1. The SMILES string of the molecule is Cn1c(-c2ccc(Br)c(N)c2)nc2cccc(Cl)c21. The van der Waals surface area contributed by atoms with Crippen molar-refractivity contribution in [3.05, 3.63) is 45.9 Å². The predicted molar refractivity (Wildman–Crippen MR) is 83.3 cm³/mol. The van der Waals surface area contributed by atoms with Gasteiger partial charge in [0.15, 0.2) is 0 Å². The number of aromatic nitrogens is 2. The summed E-state index contributed by atoms with van der Waals surface area (Å²) >= 11 is 9.62. The number of para-hydroxylation sites is 1. The van der Waals surface area contributed by atoms with E-state index in [2.05, 4.69) is 20.9 Å². The zero-order valence-electron chi connectivity index (χ0n) is 10.2. The third-order valence-electron chi connectivity index (χ3n) is 3.10. The fraction of sp³-hybridized carbons (Fsp3) is 0.0714. The van der Waals surface area contributed by atoms with E-state index in [4.69, 9.17) is 17.3 Å². The molecule has 0 saturated heterocycles. The Kier molecular flexibility index (Phi) is 2.99. The van der Waals surface area contributed by atoms with E-state index in [1.165, 1.54) is 0 Å². The topological polar surface area (TPSA) is 43.8 Å².